The van der Waals surface area contributed by atoms with E-state index in [9.17, 15) is 4.79 Å². The lowest BCUT2D eigenvalue weighted by molar-refractivity contribution is 0.102. The van der Waals surface area contributed by atoms with Gasteiger partial charge in [0.25, 0.3) is 5.91 Å². The van der Waals surface area contributed by atoms with Gasteiger partial charge in [0.05, 0.1) is 22.2 Å². The number of aromatic nitrogens is 5. The Labute approximate surface area is 149 Å². The Bertz CT molecular complexity index is 1140. The van der Waals surface area contributed by atoms with Gasteiger partial charge in [-0.25, -0.2) is 9.67 Å². The van der Waals surface area contributed by atoms with E-state index < -0.39 is 0 Å². The van der Waals surface area contributed by atoms with Crippen LogP contribution in [-0.4, -0.2) is 45.0 Å². The normalized spacial score (nSPS) is 11.2. The highest BCUT2D eigenvalue weighted by Gasteiger charge is 2.19. The number of amides is 1. The molecular weight excluding hydrogens is 330 g/mol. The first kappa shape index (κ1) is 16.1. The van der Waals surface area contributed by atoms with Crippen molar-refractivity contribution in [1.29, 1.82) is 0 Å². The number of hydrogen-bond donors (Lipinski definition) is 2. The van der Waals surface area contributed by atoms with Crippen LogP contribution in [0.25, 0.3) is 21.9 Å². The zero-order chi connectivity index (χ0) is 18.4. The molecule has 3 aromatic heterocycles. The lowest BCUT2D eigenvalue weighted by Gasteiger charge is -2.14. The molecule has 0 atom stereocenters. The van der Waals surface area contributed by atoms with Crippen LogP contribution in [0.2, 0.25) is 0 Å². The molecule has 0 spiro atoms. The van der Waals surface area contributed by atoms with Gasteiger partial charge in [0.1, 0.15) is 11.6 Å². The summed E-state index contributed by atoms with van der Waals surface area (Å²) in [6.45, 7) is 1.89. The number of pyridine rings is 1. The van der Waals surface area contributed by atoms with Gasteiger partial charge in [-0.2, -0.15) is 10.2 Å². The molecule has 0 radical (unpaired) electrons. The molecular formula is C18H19N7O. The van der Waals surface area contributed by atoms with Crippen molar-refractivity contribution in [3.05, 3.63) is 41.6 Å². The second-order valence-corrected chi connectivity index (χ2v) is 6.40. The minimum Gasteiger partial charge on any atom is -0.363 e. The number of benzene rings is 1. The molecule has 8 nitrogen and oxygen atoms in total. The summed E-state index contributed by atoms with van der Waals surface area (Å²) < 4.78 is 1.68. The standard InChI is InChI=1S/C18H19N7O/c1-10-15-16(21-22-17(15)25(4)23-10)20-18(26)12-9-14(24(2)3)19-13-8-6-5-7-11(12)13/h5-9H,1-4H3,(H2,20,21,22,26). The van der Waals surface area contributed by atoms with Gasteiger partial charge >= 0.3 is 0 Å². The minimum absolute atomic E-state index is 0.222. The summed E-state index contributed by atoms with van der Waals surface area (Å²) in [4.78, 5) is 19.5. The molecule has 0 unspecified atom stereocenters. The molecule has 4 aromatic rings. The van der Waals surface area contributed by atoms with Gasteiger partial charge in [-0.15, -0.1) is 0 Å². The van der Waals surface area contributed by atoms with Crippen LogP contribution in [0, 0.1) is 6.92 Å². The average molecular weight is 349 g/mol. The van der Waals surface area contributed by atoms with E-state index in [4.69, 9.17) is 0 Å². The van der Waals surface area contributed by atoms with Crippen molar-refractivity contribution in [2.24, 2.45) is 7.05 Å². The van der Waals surface area contributed by atoms with Crippen LogP contribution >= 0.6 is 0 Å². The maximum atomic E-state index is 13.0. The van der Waals surface area contributed by atoms with Gasteiger partial charge < -0.3 is 10.2 Å². The molecule has 1 amide bonds. The lowest BCUT2D eigenvalue weighted by atomic mass is 10.1. The van der Waals surface area contributed by atoms with E-state index >= 15 is 0 Å². The van der Waals surface area contributed by atoms with Crippen LogP contribution < -0.4 is 10.2 Å². The third kappa shape index (κ3) is 2.46. The highest BCUT2D eigenvalue weighted by atomic mass is 16.1. The fourth-order valence-electron chi connectivity index (χ4n) is 3.08. The third-order valence-corrected chi connectivity index (χ3v) is 4.36. The number of aryl methyl sites for hydroxylation is 2. The number of carbonyl (C=O) groups is 1. The number of fused-ring (bicyclic) bond motifs is 2. The first-order chi connectivity index (χ1) is 12.5. The number of nitrogens with zero attached hydrogens (tertiary/aromatic N) is 5. The Balaban J connectivity index is 1.80. The third-order valence-electron chi connectivity index (χ3n) is 4.36. The molecule has 2 N–H and O–H groups in total. The van der Waals surface area contributed by atoms with Crippen molar-refractivity contribution in [1.82, 2.24) is 25.0 Å². The van der Waals surface area contributed by atoms with Crippen LogP contribution in [0.3, 0.4) is 0 Å². The average Bonchev–Trinajstić information content (AvgIpc) is 3.16. The summed E-state index contributed by atoms with van der Waals surface area (Å²) in [5.74, 6) is 1.05. The SMILES string of the molecule is Cc1nn(C)c2n[nH]c(NC(=O)c3cc(N(C)C)nc4ccccc34)c12. The molecule has 8 heteroatoms. The van der Waals surface area contributed by atoms with Crippen molar-refractivity contribution < 1.29 is 4.79 Å². The zero-order valence-corrected chi connectivity index (χ0v) is 15.0. The highest BCUT2D eigenvalue weighted by molar-refractivity contribution is 6.14. The second kappa shape index (κ2) is 5.83. The number of aromatic amines is 1. The van der Waals surface area contributed by atoms with Crippen molar-refractivity contribution in [2.45, 2.75) is 6.92 Å². The van der Waals surface area contributed by atoms with Crippen LogP contribution in [0.4, 0.5) is 11.6 Å². The fraction of sp³-hybridized carbons (Fsp3) is 0.222. The van der Waals surface area contributed by atoms with Crippen molar-refractivity contribution >= 4 is 39.5 Å². The van der Waals surface area contributed by atoms with Crippen molar-refractivity contribution in [3.63, 3.8) is 0 Å². The minimum atomic E-state index is -0.222. The number of para-hydroxylation sites is 1. The smallest absolute Gasteiger partial charge is 0.257 e. The Kier molecular flexibility index (Phi) is 3.61. The monoisotopic (exact) mass is 349 g/mol. The molecule has 0 aliphatic rings. The molecule has 1 aromatic carbocycles. The Morgan fingerprint density at radius 1 is 1.27 bits per heavy atom. The van der Waals surface area contributed by atoms with Crippen LogP contribution in [-0.2, 0) is 7.05 Å². The molecule has 132 valence electrons. The maximum absolute atomic E-state index is 13.0. The van der Waals surface area contributed by atoms with Gasteiger partial charge in [0.2, 0.25) is 0 Å². The largest absolute Gasteiger partial charge is 0.363 e. The fourth-order valence-corrected chi connectivity index (χ4v) is 3.08. The Morgan fingerprint density at radius 2 is 2.04 bits per heavy atom. The summed E-state index contributed by atoms with van der Waals surface area (Å²) in [7, 11) is 5.62. The molecule has 0 bridgehead atoms. The summed E-state index contributed by atoms with van der Waals surface area (Å²) >= 11 is 0. The number of carbonyl (C=O) groups excluding carboxylic acids is 1. The molecule has 0 saturated heterocycles. The van der Waals surface area contributed by atoms with Gasteiger partial charge in [-0.1, -0.05) is 18.2 Å². The molecule has 4 rings (SSSR count). The van der Waals surface area contributed by atoms with Gasteiger partial charge in [0, 0.05) is 26.5 Å². The molecule has 0 fully saturated rings. The zero-order valence-electron chi connectivity index (χ0n) is 15.0. The van der Waals surface area contributed by atoms with Gasteiger partial charge in [-0.05, 0) is 19.1 Å². The first-order valence-electron chi connectivity index (χ1n) is 8.22. The Morgan fingerprint density at radius 3 is 2.81 bits per heavy atom. The van der Waals surface area contributed by atoms with E-state index in [1.807, 2.05) is 57.2 Å². The number of anilines is 2. The summed E-state index contributed by atoms with van der Waals surface area (Å²) in [6.07, 6.45) is 0. The predicted molar refractivity (Wildman–Crippen MR) is 102 cm³/mol. The molecule has 0 saturated carbocycles. The summed E-state index contributed by atoms with van der Waals surface area (Å²) in [6, 6.07) is 9.40. The van der Waals surface area contributed by atoms with E-state index in [0.717, 1.165) is 27.8 Å². The van der Waals surface area contributed by atoms with Crippen molar-refractivity contribution in [3.8, 4) is 0 Å². The van der Waals surface area contributed by atoms with Crippen LogP contribution in [0.15, 0.2) is 30.3 Å². The molecule has 0 aliphatic heterocycles. The molecule has 0 aliphatic carbocycles. The van der Waals surface area contributed by atoms with Crippen LogP contribution in [0.1, 0.15) is 16.1 Å². The quantitative estimate of drug-likeness (QED) is 0.593. The van der Waals surface area contributed by atoms with Gasteiger partial charge in [0.15, 0.2) is 5.65 Å². The number of hydrogen-bond acceptors (Lipinski definition) is 5. The lowest BCUT2D eigenvalue weighted by Crippen LogP contribution is -2.16. The van der Waals surface area contributed by atoms with E-state index in [1.165, 1.54) is 0 Å². The van der Waals surface area contributed by atoms with Crippen LogP contribution in [0.5, 0.6) is 0 Å². The van der Waals surface area contributed by atoms with E-state index in [0.29, 0.717) is 17.0 Å². The van der Waals surface area contributed by atoms with E-state index in [1.54, 1.807) is 10.7 Å². The maximum Gasteiger partial charge on any atom is 0.257 e. The number of H-pyrrole nitrogens is 1. The van der Waals surface area contributed by atoms with E-state index in [-0.39, 0.29) is 5.91 Å². The first-order valence-corrected chi connectivity index (χ1v) is 8.22. The Hall–Kier alpha value is -3.42. The van der Waals surface area contributed by atoms with E-state index in [2.05, 4.69) is 25.6 Å². The second-order valence-electron chi connectivity index (χ2n) is 6.40. The predicted octanol–water partition coefficient (Wildman–Crippen LogP) is 2.47. The number of rotatable bonds is 3. The summed E-state index contributed by atoms with van der Waals surface area (Å²) in [5, 5.41) is 16.0. The summed E-state index contributed by atoms with van der Waals surface area (Å²) in [5.41, 5.74) is 2.84. The molecule has 26 heavy (non-hydrogen) atoms. The molecule has 3 heterocycles. The highest BCUT2D eigenvalue weighted by Crippen LogP contribution is 2.26. The number of nitrogens with one attached hydrogen (secondary N) is 2. The topological polar surface area (TPSA) is 91.7 Å². The van der Waals surface area contributed by atoms with Crippen molar-refractivity contribution in [2.75, 3.05) is 24.3 Å². The van der Waals surface area contributed by atoms with Gasteiger partial charge in [-0.3, -0.25) is 9.89 Å².